The molecule has 2 rings (SSSR count). The Bertz CT molecular complexity index is 774. The Labute approximate surface area is 155 Å². The van der Waals surface area contributed by atoms with Gasteiger partial charge in [0.25, 0.3) is 5.91 Å². The normalized spacial score (nSPS) is 17.0. The first-order chi connectivity index (χ1) is 12.6. The Hall–Kier alpha value is -2.81. The molecule has 1 aromatic carbocycles. The van der Waals surface area contributed by atoms with Gasteiger partial charge in [0.2, 0.25) is 0 Å². The zero-order valence-corrected chi connectivity index (χ0v) is 15.5. The third kappa shape index (κ3) is 5.35. The van der Waals surface area contributed by atoms with Crippen molar-refractivity contribution in [3.8, 4) is 11.5 Å². The van der Waals surface area contributed by atoms with Crippen LogP contribution in [0, 0.1) is 0 Å². The lowest BCUT2D eigenvalue weighted by Gasteiger charge is -2.10. The van der Waals surface area contributed by atoms with E-state index in [1.807, 2.05) is 13.0 Å². The quantitative estimate of drug-likeness (QED) is 0.338. The van der Waals surface area contributed by atoms with Gasteiger partial charge in [-0.2, -0.15) is 5.10 Å². The number of nitrogens with one attached hydrogen (secondary N) is 1. The van der Waals surface area contributed by atoms with Crippen molar-refractivity contribution in [3.05, 3.63) is 34.7 Å². The van der Waals surface area contributed by atoms with Gasteiger partial charge in [0, 0.05) is 6.08 Å². The Kier molecular flexibility index (Phi) is 7.22. The number of methoxy groups -OCH3 is 2. The fourth-order valence-corrected chi connectivity index (χ4v) is 2.62. The topological polar surface area (TPSA) is 98.6 Å². The Morgan fingerprint density at radius 3 is 2.81 bits per heavy atom. The molecule has 0 aliphatic carbocycles. The van der Waals surface area contributed by atoms with Crippen molar-refractivity contribution in [1.82, 2.24) is 5.32 Å². The van der Waals surface area contributed by atoms with Gasteiger partial charge < -0.3 is 14.2 Å². The molecule has 8 nitrogen and oxygen atoms in total. The summed E-state index contributed by atoms with van der Waals surface area (Å²) in [5.74, 6) is 0.231. The van der Waals surface area contributed by atoms with Crippen LogP contribution < -0.4 is 14.8 Å². The summed E-state index contributed by atoms with van der Waals surface area (Å²) >= 11 is 1.01. The molecule has 1 amide bonds. The molecular formula is C17H19N3O5S. The lowest BCUT2D eigenvalue weighted by atomic mass is 10.2. The van der Waals surface area contributed by atoms with E-state index in [1.165, 1.54) is 13.3 Å². The summed E-state index contributed by atoms with van der Waals surface area (Å²) in [7, 11) is 2.80. The van der Waals surface area contributed by atoms with E-state index < -0.39 is 11.9 Å². The maximum Gasteiger partial charge on any atom is 0.331 e. The van der Waals surface area contributed by atoms with E-state index in [-0.39, 0.29) is 10.1 Å². The summed E-state index contributed by atoms with van der Waals surface area (Å²) in [5, 5.41) is 10.7. The van der Waals surface area contributed by atoms with E-state index in [4.69, 9.17) is 9.47 Å². The summed E-state index contributed by atoms with van der Waals surface area (Å²) in [6, 6.07) is 5.39. The number of hydrogen-bond acceptors (Lipinski definition) is 8. The monoisotopic (exact) mass is 377 g/mol. The molecule has 0 radical (unpaired) electrons. The predicted molar refractivity (Wildman–Crippen MR) is 99.6 cm³/mol. The van der Waals surface area contributed by atoms with Gasteiger partial charge in [-0.25, -0.2) is 4.79 Å². The zero-order valence-electron chi connectivity index (χ0n) is 14.6. The first-order valence-electron chi connectivity index (χ1n) is 7.78. The molecule has 0 aromatic heterocycles. The zero-order chi connectivity index (χ0) is 18.9. The molecule has 1 heterocycles. The molecule has 0 unspecified atom stereocenters. The van der Waals surface area contributed by atoms with Crippen LogP contribution in [0.3, 0.4) is 0 Å². The van der Waals surface area contributed by atoms with Gasteiger partial charge in [0.05, 0.1) is 31.9 Å². The standard InChI is InChI=1S/C17H19N3O5S/c1-4-7-25-12-6-5-11(8-13(12)23-2)10-18-20-17-19-16(22)14(26-17)9-15(21)24-3/h5-6,8-10H,4,7H2,1-3H3,(H,19,20,22)/b14-9+,18-10?. The van der Waals surface area contributed by atoms with Gasteiger partial charge in [0.1, 0.15) is 0 Å². The van der Waals surface area contributed by atoms with Crippen molar-refractivity contribution in [2.45, 2.75) is 13.3 Å². The van der Waals surface area contributed by atoms with Gasteiger partial charge >= 0.3 is 5.97 Å². The molecule has 0 bridgehead atoms. The number of ether oxygens (including phenoxy) is 3. The summed E-state index contributed by atoms with van der Waals surface area (Å²) < 4.78 is 15.4. The SMILES string of the molecule is CCCOc1ccc(C=N/N=C2/NC(=O)/C(=C\C(=O)OC)S2)cc1OC. The summed E-state index contributed by atoms with van der Waals surface area (Å²) in [4.78, 5) is 23.1. The summed E-state index contributed by atoms with van der Waals surface area (Å²) in [6.45, 7) is 2.63. The van der Waals surface area contributed by atoms with Crippen LogP contribution in [0.4, 0.5) is 0 Å². The van der Waals surface area contributed by atoms with Crippen LogP contribution in [0.15, 0.2) is 39.4 Å². The largest absolute Gasteiger partial charge is 0.493 e. The van der Waals surface area contributed by atoms with E-state index in [0.29, 0.717) is 18.1 Å². The average Bonchev–Trinajstić information content (AvgIpc) is 2.99. The van der Waals surface area contributed by atoms with Crippen LogP contribution in [0.5, 0.6) is 11.5 Å². The van der Waals surface area contributed by atoms with Crippen LogP contribution in [0.2, 0.25) is 0 Å². The lowest BCUT2D eigenvalue weighted by molar-refractivity contribution is -0.135. The first-order valence-corrected chi connectivity index (χ1v) is 8.59. The molecule has 0 saturated carbocycles. The molecular weight excluding hydrogens is 358 g/mol. The first kappa shape index (κ1) is 19.5. The van der Waals surface area contributed by atoms with E-state index in [9.17, 15) is 9.59 Å². The molecule has 1 aliphatic heterocycles. The highest BCUT2D eigenvalue weighted by Crippen LogP contribution is 2.28. The second-order valence-corrected chi connectivity index (χ2v) is 6.03. The molecule has 0 spiro atoms. The number of thioether (sulfide) groups is 1. The molecule has 1 aromatic rings. The van der Waals surface area contributed by atoms with Crippen molar-refractivity contribution >= 4 is 35.0 Å². The van der Waals surface area contributed by atoms with E-state index >= 15 is 0 Å². The van der Waals surface area contributed by atoms with Crippen molar-refractivity contribution in [1.29, 1.82) is 0 Å². The van der Waals surface area contributed by atoms with Gasteiger partial charge in [-0.15, -0.1) is 5.10 Å². The van der Waals surface area contributed by atoms with Gasteiger partial charge in [0.15, 0.2) is 16.7 Å². The molecule has 1 N–H and O–H groups in total. The van der Waals surface area contributed by atoms with E-state index in [2.05, 4.69) is 20.3 Å². The van der Waals surface area contributed by atoms with Crippen LogP contribution in [-0.2, 0) is 14.3 Å². The number of amides is 1. The Balaban J connectivity index is 2.06. The minimum absolute atomic E-state index is 0.199. The van der Waals surface area contributed by atoms with Gasteiger partial charge in [-0.1, -0.05) is 6.92 Å². The fraction of sp³-hybridized carbons (Fsp3) is 0.294. The molecule has 0 atom stereocenters. The third-order valence-corrected chi connectivity index (χ3v) is 4.01. The number of amidine groups is 1. The third-order valence-electron chi connectivity index (χ3n) is 3.11. The van der Waals surface area contributed by atoms with Crippen molar-refractivity contribution in [2.24, 2.45) is 10.2 Å². The van der Waals surface area contributed by atoms with Crippen molar-refractivity contribution < 1.29 is 23.8 Å². The molecule has 138 valence electrons. The fourth-order valence-electron chi connectivity index (χ4n) is 1.88. The van der Waals surface area contributed by atoms with Gasteiger partial charge in [-0.05, 0) is 41.9 Å². The smallest absolute Gasteiger partial charge is 0.331 e. The number of carbonyl (C=O) groups is 2. The molecule has 1 saturated heterocycles. The highest BCUT2D eigenvalue weighted by Gasteiger charge is 2.24. The predicted octanol–water partition coefficient (Wildman–Crippen LogP) is 2.09. The van der Waals surface area contributed by atoms with Crippen LogP contribution >= 0.6 is 11.8 Å². The van der Waals surface area contributed by atoms with Crippen LogP contribution in [0.1, 0.15) is 18.9 Å². The number of carbonyl (C=O) groups excluding carboxylic acids is 2. The highest BCUT2D eigenvalue weighted by atomic mass is 32.2. The van der Waals surface area contributed by atoms with Crippen LogP contribution in [-0.4, -0.2) is 44.1 Å². The second kappa shape index (κ2) is 9.62. The molecule has 1 aliphatic rings. The number of esters is 1. The summed E-state index contributed by atoms with van der Waals surface area (Å²) in [6.07, 6.45) is 3.53. The molecule has 9 heteroatoms. The average molecular weight is 377 g/mol. The minimum atomic E-state index is -0.607. The van der Waals surface area contributed by atoms with Gasteiger partial charge in [-0.3, -0.25) is 10.1 Å². The lowest BCUT2D eigenvalue weighted by Crippen LogP contribution is -2.19. The molecule has 1 fully saturated rings. The van der Waals surface area contributed by atoms with Crippen LogP contribution in [0.25, 0.3) is 0 Å². The number of benzene rings is 1. The minimum Gasteiger partial charge on any atom is -0.493 e. The van der Waals surface area contributed by atoms with Crippen molar-refractivity contribution in [2.75, 3.05) is 20.8 Å². The maximum absolute atomic E-state index is 11.7. The Morgan fingerprint density at radius 2 is 2.12 bits per heavy atom. The Morgan fingerprint density at radius 1 is 1.31 bits per heavy atom. The highest BCUT2D eigenvalue weighted by molar-refractivity contribution is 8.18. The number of rotatable bonds is 7. The number of nitrogens with zero attached hydrogens (tertiary/aromatic N) is 2. The molecule has 26 heavy (non-hydrogen) atoms. The van der Waals surface area contributed by atoms with E-state index in [1.54, 1.807) is 19.2 Å². The maximum atomic E-state index is 11.7. The second-order valence-electron chi connectivity index (χ2n) is 5.00. The van der Waals surface area contributed by atoms with E-state index in [0.717, 1.165) is 29.8 Å². The summed E-state index contributed by atoms with van der Waals surface area (Å²) in [5.41, 5.74) is 0.759. The van der Waals surface area contributed by atoms with Crippen molar-refractivity contribution in [3.63, 3.8) is 0 Å². The number of hydrogen-bond donors (Lipinski definition) is 1.